The molecule has 1 N–H and O–H groups in total. The van der Waals surface area contributed by atoms with Crippen molar-refractivity contribution in [1.82, 2.24) is 10.0 Å². The Bertz CT molecular complexity index is 888. The van der Waals surface area contributed by atoms with Gasteiger partial charge in [-0.3, -0.25) is 4.79 Å². The van der Waals surface area contributed by atoms with Crippen LogP contribution in [0.4, 0.5) is 0 Å². The number of H-pyrrole nitrogens is 1. The smallest absolute Gasteiger partial charge is 0.257 e. The molecule has 23 heavy (non-hydrogen) atoms. The average Bonchev–Trinajstić information content (AvgIpc) is 2.93. The molecular formula is C19H16N2O2. The number of nitrogens with one attached hydrogen (secondary N) is 1. The topological polar surface area (TPSA) is 45.3 Å². The first-order chi connectivity index (χ1) is 11.2. The van der Waals surface area contributed by atoms with Crippen LogP contribution in [-0.4, -0.2) is 17.1 Å². The minimum atomic E-state index is -0.195. The molecular weight excluding hydrogens is 288 g/mol. The summed E-state index contributed by atoms with van der Waals surface area (Å²) in [6.45, 7) is 0. The molecule has 2 heterocycles. The molecule has 0 saturated heterocycles. The first-order valence-electron chi connectivity index (χ1n) is 7.52. The van der Waals surface area contributed by atoms with E-state index < -0.39 is 0 Å². The summed E-state index contributed by atoms with van der Waals surface area (Å²) in [5, 5.41) is 1.73. The fourth-order valence-electron chi connectivity index (χ4n) is 3.06. The summed E-state index contributed by atoms with van der Waals surface area (Å²) in [7, 11) is 1.85. The van der Waals surface area contributed by atoms with E-state index in [0.717, 1.165) is 16.8 Å². The lowest BCUT2D eigenvalue weighted by Crippen LogP contribution is -2.24. The minimum absolute atomic E-state index is 0.112. The molecule has 0 saturated carbocycles. The lowest BCUT2D eigenvalue weighted by atomic mass is 9.99. The van der Waals surface area contributed by atoms with Crippen molar-refractivity contribution < 1.29 is 4.84 Å². The van der Waals surface area contributed by atoms with E-state index in [9.17, 15) is 4.79 Å². The van der Waals surface area contributed by atoms with Gasteiger partial charge in [-0.2, -0.15) is 0 Å². The Hall–Kier alpha value is -2.85. The molecule has 4 nitrogen and oxygen atoms in total. The van der Waals surface area contributed by atoms with Crippen LogP contribution in [0, 0.1) is 0 Å². The average molecular weight is 304 g/mol. The predicted octanol–water partition coefficient (Wildman–Crippen LogP) is 3.37. The second-order valence-electron chi connectivity index (χ2n) is 5.61. The summed E-state index contributed by atoms with van der Waals surface area (Å²) >= 11 is 0. The van der Waals surface area contributed by atoms with Gasteiger partial charge in [0.2, 0.25) is 0 Å². The van der Waals surface area contributed by atoms with E-state index in [1.807, 2.05) is 73.8 Å². The zero-order valence-corrected chi connectivity index (χ0v) is 12.7. The maximum absolute atomic E-state index is 12.7. The Kier molecular flexibility index (Phi) is 3.24. The third-order valence-corrected chi connectivity index (χ3v) is 4.11. The predicted molar refractivity (Wildman–Crippen MR) is 89.2 cm³/mol. The van der Waals surface area contributed by atoms with Crippen LogP contribution in [0.5, 0.6) is 5.75 Å². The van der Waals surface area contributed by atoms with Crippen molar-refractivity contribution in [3.8, 4) is 17.0 Å². The Morgan fingerprint density at radius 1 is 1.00 bits per heavy atom. The van der Waals surface area contributed by atoms with Gasteiger partial charge in [-0.25, -0.2) is 0 Å². The highest BCUT2D eigenvalue weighted by atomic mass is 16.7. The summed E-state index contributed by atoms with van der Waals surface area (Å²) in [4.78, 5) is 21.5. The first-order valence-corrected chi connectivity index (χ1v) is 7.52. The van der Waals surface area contributed by atoms with Crippen molar-refractivity contribution in [1.29, 1.82) is 0 Å². The van der Waals surface area contributed by atoms with Crippen molar-refractivity contribution in [3.05, 3.63) is 88.2 Å². The summed E-state index contributed by atoms with van der Waals surface area (Å²) in [5.41, 5.74) is 3.29. The van der Waals surface area contributed by atoms with Crippen molar-refractivity contribution in [2.75, 3.05) is 7.05 Å². The molecule has 0 fully saturated rings. The quantitative estimate of drug-likeness (QED) is 0.789. The van der Waals surface area contributed by atoms with Gasteiger partial charge in [-0.1, -0.05) is 60.7 Å². The summed E-state index contributed by atoms with van der Waals surface area (Å²) in [5.74, 6) is 0.615. The number of rotatable bonds is 2. The van der Waals surface area contributed by atoms with E-state index >= 15 is 0 Å². The van der Waals surface area contributed by atoms with Crippen LogP contribution >= 0.6 is 0 Å². The first kappa shape index (κ1) is 13.8. The van der Waals surface area contributed by atoms with E-state index in [1.54, 1.807) is 5.06 Å². The zero-order chi connectivity index (χ0) is 15.8. The molecule has 2 aromatic carbocycles. The monoisotopic (exact) mass is 304 g/mol. The second-order valence-corrected chi connectivity index (χ2v) is 5.61. The summed E-state index contributed by atoms with van der Waals surface area (Å²) in [6.07, 6.45) is 0. The molecule has 0 radical (unpaired) electrons. The molecule has 1 aliphatic heterocycles. The molecule has 1 aromatic heterocycles. The second kappa shape index (κ2) is 5.41. The zero-order valence-electron chi connectivity index (χ0n) is 12.7. The SMILES string of the molecule is CN1Oc2cc(-c3ccccc3)[nH]c(=O)c2C1c1ccccc1. The van der Waals surface area contributed by atoms with Crippen LogP contribution in [0.25, 0.3) is 11.3 Å². The number of fused-ring (bicyclic) bond motifs is 1. The molecule has 0 amide bonds. The lowest BCUT2D eigenvalue weighted by molar-refractivity contribution is -0.0314. The van der Waals surface area contributed by atoms with Gasteiger partial charge in [0.15, 0.2) is 5.75 Å². The van der Waals surface area contributed by atoms with Gasteiger partial charge in [0.25, 0.3) is 5.56 Å². The number of hydrogen-bond donors (Lipinski definition) is 1. The van der Waals surface area contributed by atoms with Crippen LogP contribution < -0.4 is 10.4 Å². The Morgan fingerprint density at radius 3 is 2.35 bits per heavy atom. The van der Waals surface area contributed by atoms with Crippen molar-refractivity contribution in [2.24, 2.45) is 0 Å². The van der Waals surface area contributed by atoms with Gasteiger partial charge < -0.3 is 9.82 Å². The molecule has 1 atom stereocenters. The summed E-state index contributed by atoms with van der Waals surface area (Å²) < 4.78 is 0. The fourth-order valence-corrected chi connectivity index (χ4v) is 3.06. The maximum Gasteiger partial charge on any atom is 0.257 e. The van der Waals surface area contributed by atoms with Crippen LogP contribution in [0.1, 0.15) is 17.2 Å². The van der Waals surface area contributed by atoms with Crippen LogP contribution in [-0.2, 0) is 0 Å². The standard InChI is InChI=1S/C19H16N2O2/c1-21-18(14-10-6-3-7-11-14)17-16(23-21)12-15(20-19(17)22)13-8-4-2-5-9-13/h2-12,18H,1H3,(H,20,22). The third kappa shape index (κ3) is 2.33. The van der Waals surface area contributed by atoms with Gasteiger partial charge in [0, 0.05) is 13.1 Å². The normalized spacial score (nSPS) is 16.8. The van der Waals surface area contributed by atoms with Gasteiger partial charge in [0.05, 0.1) is 11.3 Å². The number of hydrogen-bond acceptors (Lipinski definition) is 3. The Labute approximate surface area is 133 Å². The molecule has 1 unspecified atom stereocenters. The van der Waals surface area contributed by atoms with E-state index in [-0.39, 0.29) is 11.6 Å². The van der Waals surface area contributed by atoms with Crippen LogP contribution in [0.3, 0.4) is 0 Å². The highest BCUT2D eigenvalue weighted by Crippen LogP contribution is 2.39. The number of pyridine rings is 1. The largest absolute Gasteiger partial charge is 0.405 e. The molecule has 0 spiro atoms. The molecule has 0 bridgehead atoms. The molecule has 0 aliphatic carbocycles. The fraction of sp³-hybridized carbons (Fsp3) is 0.105. The summed E-state index contributed by atoms with van der Waals surface area (Å²) in [6, 6.07) is 21.4. The number of nitrogens with zero attached hydrogens (tertiary/aromatic N) is 1. The van der Waals surface area contributed by atoms with E-state index in [0.29, 0.717) is 11.3 Å². The molecule has 4 rings (SSSR count). The number of aromatic nitrogens is 1. The van der Waals surface area contributed by atoms with Gasteiger partial charge in [0.1, 0.15) is 6.04 Å². The highest BCUT2D eigenvalue weighted by molar-refractivity contribution is 5.62. The highest BCUT2D eigenvalue weighted by Gasteiger charge is 2.34. The van der Waals surface area contributed by atoms with E-state index in [2.05, 4.69) is 4.98 Å². The number of aromatic amines is 1. The molecule has 4 heteroatoms. The third-order valence-electron chi connectivity index (χ3n) is 4.11. The molecule has 3 aromatic rings. The van der Waals surface area contributed by atoms with Gasteiger partial charge >= 0.3 is 0 Å². The van der Waals surface area contributed by atoms with Crippen LogP contribution in [0.15, 0.2) is 71.5 Å². The van der Waals surface area contributed by atoms with Crippen molar-refractivity contribution in [2.45, 2.75) is 6.04 Å². The van der Waals surface area contributed by atoms with Crippen LogP contribution in [0.2, 0.25) is 0 Å². The van der Waals surface area contributed by atoms with Gasteiger partial charge in [-0.15, -0.1) is 5.06 Å². The molecule has 114 valence electrons. The lowest BCUT2D eigenvalue weighted by Gasteiger charge is -2.17. The molecule has 1 aliphatic rings. The van der Waals surface area contributed by atoms with E-state index in [4.69, 9.17) is 4.84 Å². The minimum Gasteiger partial charge on any atom is -0.405 e. The Balaban J connectivity index is 1.85. The van der Waals surface area contributed by atoms with Crippen molar-refractivity contribution >= 4 is 0 Å². The van der Waals surface area contributed by atoms with E-state index in [1.165, 1.54) is 0 Å². The van der Waals surface area contributed by atoms with Crippen molar-refractivity contribution in [3.63, 3.8) is 0 Å². The maximum atomic E-state index is 12.7. The van der Waals surface area contributed by atoms with Gasteiger partial charge in [-0.05, 0) is 11.1 Å². The number of benzene rings is 2. The Morgan fingerprint density at radius 2 is 1.65 bits per heavy atom. The number of hydroxylamine groups is 2.